The van der Waals surface area contributed by atoms with Crippen molar-refractivity contribution in [3.05, 3.63) is 0 Å². The zero-order valence-electron chi connectivity index (χ0n) is 9.24. The minimum atomic E-state index is -0.788. The molecule has 1 fully saturated rings. The number of hydrogen-bond acceptors (Lipinski definition) is 2. The number of carbonyl (C=O) groups is 2. The van der Waals surface area contributed by atoms with Crippen LogP contribution >= 0.6 is 0 Å². The molecule has 1 N–H and O–H groups in total. The van der Waals surface area contributed by atoms with Crippen LogP contribution in [-0.4, -0.2) is 34.5 Å². The Hall–Kier alpha value is -1.06. The van der Waals surface area contributed by atoms with Crippen LogP contribution in [0.25, 0.3) is 0 Å². The van der Waals surface area contributed by atoms with Crippen LogP contribution in [0.4, 0.5) is 0 Å². The number of amides is 1. The van der Waals surface area contributed by atoms with Crippen molar-refractivity contribution in [1.29, 1.82) is 0 Å². The van der Waals surface area contributed by atoms with Crippen molar-refractivity contribution in [2.75, 3.05) is 6.54 Å². The molecule has 4 heteroatoms. The monoisotopic (exact) mass is 213 g/mol. The van der Waals surface area contributed by atoms with Gasteiger partial charge in [-0.15, -0.1) is 0 Å². The highest BCUT2D eigenvalue weighted by molar-refractivity contribution is 5.76. The molecule has 0 spiro atoms. The van der Waals surface area contributed by atoms with Crippen LogP contribution in [0.5, 0.6) is 0 Å². The van der Waals surface area contributed by atoms with Crippen molar-refractivity contribution in [3.63, 3.8) is 0 Å². The standard InChI is InChI=1S/C11H19NO3/c1-9(6-7-11(14)15)12-8-4-2-3-5-10(12)13/h9H,2-8H2,1H3,(H,14,15). The second-order valence-electron chi connectivity index (χ2n) is 4.18. The lowest BCUT2D eigenvalue weighted by Gasteiger charge is -2.27. The van der Waals surface area contributed by atoms with Gasteiger partial charge >= 0.3 is 5.97 Å². The highest BCUT2D eigenvalue weighted by Gasteiger charge is 2.21. The zero-order chi connectivity index (χ0) is 11.3. The van der Waals surface area contributed by atoms with Crippen LogP contribution in [0.2, 0.25) is 0 Å². The largest absolute Gasteiger partial charge is 0.481 e. The maximum atomic E-state index is 11.7. The van der Waals surface area contributed by atoms with E-state index in [-0.39, 0.29) is 18.4 Å². The summed E-state index contributed by atoms with van der Waals surface area (Å²) in [4.78, 5) is 24.0. The third-order valence-electron chi connectivity index (χ3n) is 2.92. The number of carboxylic acid groups (broad SMARTS) is 1. The smallest absolute Gasteiger partial charge is 0.303 e. The number of rotatable bonds is 4. The van der Waals surface area contributed by atoms with Gasteiger partial charge in [-0.05, 0) is 26.2 Å². The average Bonchev–Trinajstić information content (AvgIpc) is 2.39. The predicted molar refractivity (Wildman–Crippen MR) is 56.5 cm³/mol. The second-order valence-corrected chi connectivity index (χ2v) is 4.18. The summed E-state index contributed by atoms with van der Waals surface area (Å²) in [6.45, 7) is 2.73. The first-order valence-electron chi connectivity index (χ1n) is 5.62. The number of nitrogens with zero attached hydrogens (tertiary/aromatic N) is 1. The van der Waals surface area contributed by atoms with Crippen molar-refractivity contribution in [2.45, 2.75) is 51.5 Å². The maximum absolute atomic E-state index is 11.7. The van der Waals surface area contributed by atoms with E-state index in [4.69, 9.17) is 5.11 Å². The summed E-state index contributed by atoms with van der Waals surface area (Å²) in [5, 5.41) is 8.58. The van der Waals surface area contributed by atoms with Gasteiger partial charge in [-0.2, -0.15) is 0 Å². The Bertz CT molecular complexity index is 240. The molecule has 0 bridgehead atoms. The summed E-state index contributed by atoms with van der Waals surface area (Å²) in [7, 11) is 0. The highest BCUT2D eigenvalue weighted by Crippen LogP contribution is 2.16. The molecule has 0 radical (unpaired) electrons. The van der Waals surface area contributed by atoms with Gasteiger partial charge in [0.2, 0.25) is 5.91 Å². The van der Waals surface area contributed by atoms with Crippen LogP contribution in [0.15, 0.2) is 0 Å². The molecule has 1 aliphatic rings. The van der Waals surface area contributed by atoms with Crippen molar-refractivity contribution < 1.29 is 14.7 Å². The molecule has 1 amide bonds. The van der Waals surface area contributed by atoms with Crippen LogP contribution in [0, 0.1) is 0 Å². The fourth-order valence-electron chi connectivity index (χ4n) is 1.96. The van der Waals surface area contributed by atoms with Crippen LogP contribution < -0.4 is 0 Å². The molecular formula is C11H19NO3. The topological polar surface area (TPSA) is 57.6 Å². The van der Waals surface area contributed by atoms with Gasteiger partial charge in [-0.3, -0.25) is 9.59 Å². The molecular weight excluding hydrogens is 194 g/mol. The lowest BCUT2D eigenvalue weighted by atomic mass is 10.1. The molecule has 0 aromatic heterocycles. The summed E-state index contributed by atoms with van der Waals surface area (Å²) in [6.07, 6.45) is 4.45. The van der Waals surface area contributed by atoms with Gasteiger partial charge in [-0.25, -0.2) is 0 Å². The molecule has 86 valence electrons. The highest BCUT2D eigenvalue weighted by atomic mass is 16.4. The number of carbonyl (C=O) groups excluding carboxylic acids is 1. The molecule has 1 saturated heterocycles. The van der Waals surface area contributed by atoms with Gasteiger partial charge in [0, 0.05) is 25.4 Å². The first kappa shape index (κ1) is 12.0. The van der Waals surface area contributed by atoms with E-state index < -0.39 is 5.97 Å². The minimum Gasteiger partial charge on any atom is -0.481 e. The van der Waals surface area contributed by atoms with Crippen molar-refractivity contribution >= 4 is 11.9 Å². The first-order chi connectivity index (χ1) is 7.11. The van der Waals surface area contributed by atoms with Crippen LogP contribution in [0.3, 0.4) is 0 Å². The number of likely N-dealkylation sites (tertiary alicyclic amines) is 1. The van der Waals surface area contributed by atoms with E-state index in [1.54, 1.807) is 0 Å². The van der Waals surface area contributed by atoms with Crippen molar-refractivity contribution in [2.24, 2.45) is 0 Å². The molecule has 1 aliphatic heterocycles. The third-order valence-corrected chi connectivity index (χ3v) is 2.92. The summed E-state index contributed by atoms with van der Waals surface area (Å²) >= 11 is 0. The van der Waals surface area contributed by atoms with E-state index in [9.17, 15) is 9.59 Å². The summed E-state index contributed by atoms with van der Waals surface area (Å²) in [6, 6.07) is 0.0618. The van der Waals surface area contributed by atoms with E-state index >= 15 is 0 Å². The van der Waals surface area contributed by atoms with E-state index in [2.05, 4.69) is 0 Å². The van der Waals surface area contributed by atoms with Crippen molar-refractivity contribution in [3.8, 4) is 0 Å². The Balaban J connectivity index is 2.44. The maximum Gasteiger partial charge on any atom is 0.303 e. The molecule has 1 atom stereocenters. The zero-order valence-corrected chi connectivity index (χ0v) is 9.24. The van der Waals surface area contributed by atoms with Gasteiger partial charge in [-0.1, -0.05) is 6.42 Å². The van der Waals surface area contributed by atoms with Crippen LogP contribution in [-0.2, 0) is 9.59 Å². The predicted octanol–water partition coefficient (Wildman–Crippen LogP) is 1.64. The summed E-state index contributed by atoms with van der Waals surface area (Å²) in [5.41, 5.74) is 0. The van der Waals surface area contributed by atoms with E-state index in [0.29, 0.717) is 12.8 Å². The number of aliphatic carboxylic acids is 1. The SMILES string of the molecule is CC(CCC(=O)O)N1CCCCCC1=O. The number of carboxylic acids is 1. The van der Waals surface area contributed by atoms with Gasteiger partial charge < -0.3 is 10.0 Å². The lowest BCUT2D eigenvalue weighted by Crippen LogP contribution is -2.38. The third kappa shape index (κ3) is 3.90. The molecule has 1 heterocycles. The Kier molecular flexibility index (Phi) is 4.59. The normalized spacial score (nSPS) is 19.8. The second kappa shape index (κ2) is 5.73. The fraction of sp³-hybridized carbons (Fsp3) is 0.818. The molecule has 1 rings (SSSR count). The number of hydrogen-bond donors (Lipinski definition) is 1. The first-order valence-corrected chi connectivity index (χ1v) is 5.62. The molecule has 4 nitrogen and oxygen atoms in total. The van der Waals surface area contributed by atoms with Crippen molar-refractivity contribution in [1.82, 2.24) is 4.90 Å². The van der Waals surface area contributed by atoms with E-state index in [0.717, 1.165) is 25.8 Å². The molecule has 0 aromatic carbocycles. The Morgan fingerprint density at radius 3 is 2.87 bits per heavy atom. The Labute approximate surface area is 90.3 Å². The van der Waals surface area contributed by atoms with Crippen LogP contribution in [0.1, 0.15) is 45.4 Å². The molecule has 0 aliphatic carbocycles. The van der Waals surface area contributed by atoms with Gasteiger partial charge in [0.05, 0.1) is 0 Å². The average molecular weight is 213 g/mol. The minimum absolute atomic E-state index is 0.0618. The lowest BCUT2D eigenvalue weighted by molar-refractivity contribution is -0.139. The van der Waals surface area contributed by atoms with E-state index in [1.807, 2.05) is 11.8 Å². The molecule has 1 unspecified atom stereocenters. The van der Waals surface area contributed by atoms with E-state index in [1.165, 1.54) is 0 Å². The molecule has 0 aromatic rings. The summed E-state index contributed by atoms with van der Waals surface area (Å²) in [5.74, 6) is -0.602. The molecule has 0 saturated carbocycles. The molecule has 15 heavy (non-hydrogen) atoms. The van der Waals surface area contributed by atoms with Gasteiger partial charge in [0.15, 0.2) is 0 Å². The van der Waals surface area contributed by atoms with Gasteiger partial charge in [0.1, 0.15) is 0 Å². The fourth-order valence-corrected chi connectivity index (χ4v) is 1.96. The quantitative estimate of drug-likeness (QED) is 0.772. The Morgan fingerprint density at radius 1 is 1.47 bits per heavy atom. The Morgan fingerprint density at radius 2 is 2.20 bits per heavy atom. The summed E-state index contributed by atoms with van der Waals surface area (Å²) < 4.78 is 0. The van der Waals surface area contributed by atoms with Gasteiger partial charge in [0.25, 0.3) is 0 Å².